The summed E-state index contributed by atoms with van der Waals surface area (Å²) in [5.74, 6) is -1.28. The van der Waals surface area contributed by atoms with Crippen LogP contribution in [0.1, 0.15) is 54.5 Å². The van der Waals surface area contributed by atoms with E-state index < -0.39 is 11.9 Å². The maximum atomic E-state index is 12.7. The number of carbonyl (C=O) groups excluding carboxylic acids is 1. The number of carboxylic acid groups (broad SMARTS) is 1. The first kappa shape index (κ1) is 15.6. The number of hydrogen-bond acceptors (Lipinski definition) is 2. The molecule has 1 amide bonds. The first-order valence-electron chi connectivity index (χ1n) is 7.53. The van der Waals surface area contributed by atoms with E-state index in [1.807, 2.05) is 19.9 Å². The van der Waals surface area contributed by atoms with Crippen molar-refractivity contribution in [2.24, 2.45) is 5.92 Å². The molecule has 1 aromatic rings. The number of nitrogens with zero attached hydrogens (tertiary/aromatic N) is 2. The lowest BCUT2D eigenvalue weighted by molar-refractivity contribution is -0.143. The molecular formula is C16H24N2O3. The Labute approximate surface area is 125 Å². The van der Waals surface area contributed by atoms with Gasteiger partial charge in [0.1, 0.15) is 0 Å². The molecule has 0 bridgehead atoms. The smallest absolute Gasteiger partial charge is 0.308 e. The summed E-state index contributed by atoms with van der Waals surface area (Å²) in [7, 11) is 0. The molecule has 1 aromatic heterocycles. The third-order valence-electron chi connectivity index (χ3n) is 4.29. The minimum absolute atomic E-state index is 0.0408. The highest BCUT2D eigenvalue weighted by Gasteiger charge is 2.30. The Morgan fingerprint density at radius 2 is 2.00 bits per heavy atom. The van der Waals surface area contributed by atoms with Crippen molar-refractivity contribution >= 4 is 11.9 Å². The zero-order valence-corrected chi connectivity index (χ0v) is 13.2. The number of carboxylic acids is 1. The van der Waals surface area contributed by atoms with Crippen LogP contribution in [-0.4, -0.2) is 39.5 Å². The van der Waals surface area contributed by atoms with Gasteiger partial charge in [0.15, 0.2) is 0 Å². The summed E-state index contributed by atoms with van der Waals surface area (Å²) < 4.78 is 2.14. The lowest BCUT2D eigenvalue weighted by Gasteiger charge is -2.30. The summed E-state index contributed by atoms with van der Waals surface area (Å²) in [5.41, 5.74) is 2.73. The molecule has 5 nitrogen and oxygen atoms in total. The second kappa shape index (κ2) is 5.92. The Balaban J connectivity index is 2.24. The molecule has 0 saturated carbocycles. The van der Waals surface area contributed by atoms with Gasteiger partial charge in [-0.2, -0.15) is 0 Å². The highest BCUT2D eigenvalue weighted by molar-refractivity contribution is 5.96. The van der Waals surface area contributed by atoms with Gasteiger partial charge in [0.25, 0.3) is 5.91 Å². The van der Waals surface area contributed by atoms with Gasteiger partial charge in [0, 0.05) is 30.5 Å². The Hall–Kier alpha value is -1.78. The summed E-state index contributed by atoms with van der Waals surface area (Å²) in [4.78, 5) is 25.5. The maximum absolute atomic E-state index is 12.7. The molecule has 1 N–H and O–H groups in total. The number of hydrogen-bond donors (Lipinski definition) is 1. The van der Waals surface area contributed by atoms with E-state index in [0.717, 1.165) is 17.8 Å². The van der Waals surface area contributed by atoms with Crippen molar-refractivity contribution in [3.8, 4) is 0 Å². The van der Waals surface area contributed by atoms with Crippen molar-refractivity contribution in [3.63, 3.8) is 0 Å². The fraction of sp³-hybridized carbons (Fsp3) is 0.625. The minimum Gasteiger partial charge on any atom is -0.481 e. The number of piperidine rings is 1. The lowest BCUT2D eigenvalue weighted by atomic mass is 9.97. The van der Waals surface area contributed by atoms with Crippen LogP contribution in [0.2, 0.25) is 0 Å². The van der Waals surface area contributed by atoms with Crippen LogP contribution < -0.4 is 0 Å². The maximum Gasteiger partial charge on any atom is 0.308 e. The Morgan fingerprint density at radius 1 is 1.33 bits per heavy atom. The molecule has 116 valence electrons. The highest BCUT2D eigenvalue weighted by Crippen LogP contribution is 2.24. The summed E-state index contributed by atoms with van der Waals surface area (Å²) >= 11 is 0. The number of aryl methyl sites for hydroxylation is 1. The summed E-state index contributed by atoms with van der Waals surface area (Å²) in [6, 6.07) is 2.22. The second-order valence-electron chi connectivity index (χ2n) is 6.18. The van der Waals surface area contributed by atoms with Gasteiger partial charge >= 0.3 is 5.97 Å². The molecule has 2 rings (SSSR count). The fourth-order valence-electron chi connectivity index (χ4n) is 3.32. The van der Waals surface area contributed by atoms with Crippen molar-refractivity contribution < 1.29 is 14.7 Å². The Kier molecular flexibility index (Phi) is 4.40. The van der Waals surface area contributed by atoms with Crippen molar-refractivity contribution in [3.05, 3.63) is 23.0 Å². The molecule has 21 heavy (non-hydrogen) atoms. The molecule has 0 radical (unpaired) electrons. The van der Waals surface area contributed by atoms with E-state index in [2.05, 4.69) is 18.4 Å². The van der Waals surface area contributed by atoms with Crippen LogP contribution in [0.15, 0.2) is 6.07 Å². The van der Waals surface area contributed by atoms with E-state index in [1.165, 1.54) is 0 Å². The number of aromatic nitrogens is 1. The van der Waals surface area contributed by atoms with Crippen LogP contribution in [0, 0.1) is 19.8 Å². The number of amides is 1. The average Bonchev–Trinajstić information content (AvgIpc) is 2.73. The van der Waals surface area contributed by atoms with Gasteiger partial charge in [0.2, 0.25) is 0 Å². The van der Waals surface area contributed by atoms with Gasteiger partial charge in [-0.1, -0.05) is 0 Å². The molecule has 5 heteroatoms. The molecular weight excluding hydrogens is 268 g/mol. The summed E-state index contributed by atoms with van der Waals surface area (Å²) in [6.45, 7) is 9.11. The quantitative estimate of drug-likeness (QED) is 0.931. The summed E-state index contributed by atoms with van der Waals surface area (Å²) in [6.07, 6.45) is 1.41. The monoisotopic (exact) mass is 292 g/mol. The van der Waals surface area contributed by atoms with Gasteiger partial charge in [-0.3, -0.25) is 9.59 Å². The van der Waals surface area contributed by atoms with E-state index in [1.54, 1.807) is 4.90 Å². The van der Waals surface area contributed by atoms with E-state index in [0.29, 0.717) is 31.1 Å². The lowest BCUT2D eigenvalue weighted by Crippen LogP contribution is -2.42. The van der Waals surface area contributed by atoms with E-state index >= 15 is 0 Å². The average molecular weight is 292 g/mol. The van der Waals surface area contributed by atoms with Crippen LogP contribution in [0.3, 0.4) is 0 Å². The molecule has 2 heterocycles. The van der Waals surface area contributed by atoms with Crippen molar-refractivity contribution in [2.75, 3.05) is 13.1 Å². The first-order valence-corrected chi connectivity index (χ1v) is 7.53. The van der Waals surface area contributed by atoms with E-state index in [4.69, 9.17) is 5.11 Å². The van der Waals surface area contributed by atoms with Crippen LogP contribution in [0.5, 0.6) is 0 Å². The normalized spacial score (nSPS) is 19.1. The third-order valence-corrected chi connectivity index (χ3v) is 4.29. The zero-order chi connectivity index (χ0) is 15.7. The Bertz CT molecular complexity index is 560. The first-order chi connectivity index (χ1) is 9.82. The fourth-order valence-corrected chi connectivity index (χ4v) is 3.32. The van der Waals surface area contributed by atoms with Crippen molar-refractivity contribution in [2.45, 2.75) is 46.6 Å². The SMILES string of the molecule is Cc1cc(C(=O)N2CCC[C@H](C(=O)O)C2)c(C)n1C(C)C. The third kappa shape index (κ3) is 2.96. The molecule has 1 aliphatic rings. The Morgan fingerprint density at radius 3 is 2.52 bits per heavy atom. The standard InChI is InChI=1S/C16H24N2O3/c1-10(2)18-11(3)8-14(12(18)4)15(19)17-7-5-6-13(9-17)16(20)21/h8,10,13H,5-7,9H2,1-4H3,(H,20,21)/t13-/m0/s1. The molecule has 1 atom stereocenters. The number of carbonyl (C=O) groups is 2. The van der Waals surface area contributed by atoms with Gasteiger partial charge < -0.3 is 14.6 Å². The zero-order valence-electron chi connectivity index (χ0n) is 13.2. The van der Waals surface area contributed by atoms with Gasteiger partial charge in [-0.25, -0.2) is 0 Å². The van der Waals surface area contributed by atoms with Crippen molar-refractivity contribution in [1.82, 2.24) is 9.47 Å². The molecule has 1 fully saturated rings. The summed E-state index contributed by atoms with van der Waals surface area (Å²) in [5, 5.41) is 9.14. The predicted octanol–water partition coefficient (Wildman–Crippen LogP) is 2.62. The van der Waals surface area contributed by atoms with Crippen LogP contribution >= 0.6 is 0 Å². The van der Waals surface area contributed by atoms with Gasteiger partial charge in [-0.05, 0) is 46.6 Å². The highest BCUT2D eigenvalue weighted by atomic mass is 16.4. The number of likely N-dealkylation sites (tertiary alicyclic amines) is 1. The van der Waals surface area contributed by atoms with Crippen LogP contribution in [0.4, 0.5) is 0 Å². The van der Waals surface area contributed by atoms with Crippen molar-refractivity contribution in [1.29, 1.82) is 0 Å². The predicted molar refractivity (Wildman–Crippen MR) is 80.6 cm³/mol. The van der Waals surface area contributed by atoms with E-state index in [-0.39, 0.29) is 5.91 Å². The van der Waals surface area contributed by atoms with Gasteiger partial charge in [-0.15, -0.1) is 0 Å². The number of aliphatic carboxylic acids is 1. The molecule has 1 saturated heterocycles. The molecule has 1 aliphatic heterocycles. The van der Waals surface area contributed by atoms with Crippen LogP contribution in [0.25, 0.3) is 0 Å². The molecule has 0 aliphatic carbocycles. The van der Waals surface area contributed by atoms with E-state index in [9.17, 15) is 9.59 Å². The molecule has 0 unspecified atom stereocenters. The topological polar surface area (TPSA) is 62.5 Å². The minimum atomic E-state index is -0.805. The molecule has 0 spiro atoms. The van der Waals surface area contributed by atoms with Crippen LogP contribution in [-0.2, 0) is 4.79 Å². The second-order valence-corrected chi connectivity index (χ2v) is 6.18. The largest absolute Gasteiger partial charge is 0.481 e. The molecule has 0 aromatic carbocycles. The number of rotatable bonds is 3. The van der Waals surface area contributed by atoms with Gasteiger partial charge in [0.05, 0.1) is 11.5 Å².